The molecule has 2 rings (SSSR count). The van der Waals surface area contributed by atoms with Crippen molar-refractivity contribution in [2.24, 2.45) is 0 Å². The molecule has 0 unspecified atom stereocenters. The predicted octanol–water partition coefficient (Wildman–Crippen LogP) is 1.68. The van der Waals surface area contributed by atoms with Gasteiger partial charge in [0.05, 0.1) is 5.35 Å². The summed E-state index contributed by atoms with van der Waals surface area (Å²) in [6.45, 7) is 7.50. The van der Waals surface area contributed by atoms with Crippen molar-refractivity contribution in [1.82, 2.24) is 15.0 Å². The first kappa shape index (κ1) is 11.7. The maximum atomic E-state index is 4.39. The minimum Gasteiger partial charge on any atom is -0.238 e. The zero-order chi connectivity index (χ0) is 12.3. The fourth-order valence-electron chi connectivity index (χ4n) is 1.33. The molecule has 2 aromatic heterocycles. The highest BCUT2D eigenvalue weighted by Crippen LogP contribution is 2.13. The number of allylic oxidation sites excluding steroid dienone is 1. The van der Waals surface area contributed by atoms with Crippen LogP contribution in [-0.2, 0) is 0 Å². The Morgan fingerprint density at radius 1 is 1.24 bits per heavy atom. The number of nitrogens with zero attached hydrogens (tertiary/aromatic N) is 3. The first-order chi connectivity index (χ1) is 8.20. The van der Waals surface area contributed by atoms with Gasteiger partial charge in [-0.2, -0.15) is 0 Å². The van der Waals surface area contributed by atoms with Gasteiger partial charge in [-0.05, 0) is 34.1 Å². The van der Waals surface area contributed by atoms with Gasteiger partial charge in [0.25, 0.3) is 0 Å². The van der Waals surface area contributed by atoms with Crippen LogP contribution in [0.4, 0.5) is 0 Å². The van der Waals surface area contributed by atoms with Crippen LogP contribution in [0.3, 0.4) is 0 Å². The summed E-state index contributed by atoms with van der Waals surface area (Å²) in [4.78, 5) is 12.9. The van der Waals surface area contributed by atoms with E-state index in [4.69, 9.17) is 0 Å². The van der Waals surface area contributed by atoms with E-state index >= 15 is 0 Å². The van der Waals surface area contributed by atoms with Crippen molar-refractivity contribution in [2.45, 2.75) is 0 Å². The molecule has 0 atom stereocenters. The summed E-state index contributed by atoms with van der Waals surface area (Å²) in [6, 6.07) is 5.61. The van der Waals surface area contributed by atoms with Gasteiger partial charge in [-0.1, -0.05) is 25.3 Å². The van der Waals surface area contributed by atoms with Gasteiger partial charge in [0.2, 0.25) is 0 Å². The number of rotatable bonds is 2. The second kappa shape index (κ2) is 5.01. The molecule has 0 saturated carbocycles. The molecule has 4 heteroatoms. The van der Waals surface area contributed by atoms with Crippen molar-refractivity contribution < 1.29 is 0 Å². The Labute approximate surface area is 107 Å². The van der Waals surface area contributed by atoms with Crippen LogP contribution in [0.1, 0.15) is 0 Å². The minimum absolute atomic E-state index is 0.576. The van der Waals surface area contributed by atoms with Gasteiger partial charge in [0.1, 0.15) is 10.3 Å². The topological polar surface area (TPSA) is 38.7 Å². The van der Waals surface area contributed by atoms with E-state index in [0.717, 1.165) is 20.9 Å². The molecular weight excluding hydrogens is 278 g/mol. The summed E-state index contributed by atoms with van der Waals surface area (Å²) in [6.07, 6.45) is 5.15. The molecule has 0 amide bonds. The average Bonchev–Trinajstić information content (AvgIpc) is 2.32. The van der Waals surface area contributed by atoms with Gasteiger partial charge < -0.3 is 0 Å². The van der Waals surface area contributed by atoms with Crippen molar-refractivity contribution in [3.63, 3.8) is 0 Å². The van der Waals surface area contributed by atoms with E-state index in [2.05, 4.69) is 44.0 Å². The van der Waals surface area contributed by atoms with Gasteiger partial charge in [0, 0.05) is 11.4 Å². The molecule has 0 radical (unpaired) electrons. The van der Waals surface area contributed by atoms with E-state index in [9.17, 15) is 0 Å². The van der Waals surface area contributed by atoms with Gasteiger partial charge in [-0.25, -0.2) is 15.0 Å². The van der Waals surface area contributed by atoms with Crippen LogP contribution >= 0.6 is 15.9 Å². The van der Waals surface area contributed by atoms with Crippen molar-refractivity contribution in [3.8, 4) is 11.5 Å². The van der Waals surface area contributed by atoms with Crippen molar-refractivity contribution in [2.75, 3.05) is 0 Å². The second-order valence-electron chi connectivity index (χ2n) is 3.35. The fraction of sp³-hybridized carbons (Fsp3) is 0. The summed E-state index contributed by atoms with van der Waals surface area (Å²) in [5, 5.41) is 1.52. The highest BCUT2D eigenvalue weighted by Gasteiger charge is 2.02. The van der Waals surface area contributed by atoms with Crippen LogP contribution in [-0.4, -0.2) is 15.0 Å². The molecule has 0 spiro atoms. The number of halogens is 1. The standard InChI is InChI=1S/C13H10BrN3/c1-3-5-10-9(2)8-15-13(17-10)11-6-4-7-12(14)16-11/h3-8H,1-2H2/b10-5+. The van der Waals surface area contributed by atoms with Crippen molar-refractivity contribution in [1.29, 1.82) is 0 Å². The monoisotopic (exact) mass is 287 g/mol. The molecular formula is C13H10BrN3. The van der Waals surface area contributed by atoms with Gasteiger partial charge >= 0.3 is 0 Å². The minimum atomic E-state index is 0.576. The lowest BCUT2D eigenvalue weighted by atomic mass is 10.3. The van der Waals surface area contributed by atoms with Crippen LogP contribution in [0.15, 0.2) is 41.7 Å². The van der Waals surface area contributed by atoms with Gasteiger partial charge in [-0.3, -0.25) is 0 Å². The Balaban J connectivity index is 2.62. The molecule has 0 aliphatic heterocycles. The highest BCUT2D eigenvalue weighted by molar-refractivity contribution is 9.10. The van der Waals surface area contributed by atoms with Crippen LogP contribution in [0.25, 0.3) is 24.2 Å². The van der Waals surface area contributed by atoms with Crippen LogP contribution in [0.2, 0.25) is 0 Å². The molecule has 2 aromatic rings. The third-order valence-corrected chi connectivity index (χ3v) is 2.56. The third kappa shape index (κ3) is 2.65. The quantitative estimate of drug-likeness (QED) is 0.789. The summed E-state index contributed by atoms with van der Waals surface area (Å²) in [5.74, 6) is 0.576. The van der Waals surface area contributed by atoms with Crippen molar-refractivity contribution in [3.05, 3.63) is 52.2 Å². The van der Waals surface area contributed by atoms with E-state index in [1.54, 1.807) is 18.3 Å². The summed E-state index contributed by atoms with van der Waals surface area (Å²) < 4.78 is 0.756. The van der Waals surface area contributed by atoms with E-state index in [1.165, 1.54) is 0 Å². The van der Waals surface area contributed by atoms with Gasteiger partial charge in [-0.15, -0.1) is 0 Å². The number of hydrogen-bond donors (Lipinski definition) is 0. The molecule has 0 aliphatic rings. The first-order valence-electron chi connectivity index (χ1n) is 4.98. The lowest BCUT2D eigenvalue weighted by molar-refractivity contribution is 1.08. The summed E-state index contributed by atoms with van der Waals surface area (Å²) in [7, 11) is 0. The van der Waals surface area contributed by atoms with E-state index in [0.29, 0.717) is 5.82 Å². The molecule has 84 valence electrons. The van der Waals surface area contributed by atoms with E-state index < -0.39 is 0 Å². The Hall–Kier alpha value is -1.81. The Morgan fingerprint density at radius 2 is 2.06 bits per heavy atom. The van der Waals surface area contributed by atoms with Gasteiger partial charge in [0.15, 0.2) is 5.82 Å². The molecule has 0 saturated heterocycles. The molecule has 0 N–H and O–H groups in total. The molecule has 2 heterocycles. The molecule has 0 aromatic carbocycles. The number of hydrogen-bond acceptors (Lipinski definition) is 3. The largest absolute Gasteiger partial charge is 0.238 e. The first-order valence-corrected chi connectivity index (χ1v) is 5.77. The number of aromatic nitrogens is 3. The molecule has 17 heavy (non-hydrogen) atoms. The highest BCUT2D eigenvalue weighted by atomic mass is 79.9. The molecule has 3 nitrogen and oxygen atoms in total. The van der Waals surface area contributed by atoms with Crippen LogP contribution in [0, 0.1) is 0 Å². The predicted molar refractivity (Wildman–Crippen MR) is 72.4 cm³/mol. The Morgan fingerprint density at radius 3 is 2.76 bits per heavy atom. The number of pyridine rings is 1. The van der Waals surface area contributed by atoms with E-state index in [-0.39, 0.29) is 0 Å². The van der Waals surface area contributed by atoms with Crippen LogP contribution in [0.5, 0.6) is 0 Å². The second-order valence-corrected chi connectivity index (χ2v) is 4.16. The average molecular weight is 288 g/mol. The smallest absolute Gasteiger partial charge is 0.178 e. The zero-order valence-corrected chi connectivity index (χ0v) is 10.7. The maximum Gasteiger partial charge on any atom is 0.178 e. The third-order valence-electron chi connectivity index (χ3n) is 2.12. The summed E-state index contributed by atoms with van der Waals surface area (Å²) in [5.41, 5.74) is 0.720. The normalized spacial score (nSPS) is 11.5. The lowest BCUT2D eigenvalue weighted by Gasteiger charge is -1.99. The van der Waals surface area contributed by atoms with Crippen LogP contribution < -0.4 is 10.6 Å². The molecule has 0 fully saturated rings. The molecule has 0 bridgehead atoms. The SMILES string of the molecule is C=C/C=c1/nc(-c2cccc(Br)n2)ncc1=C. The van der Waals surface area contributed by atoms with E-state index in [1.807, 2.05) is 18.2 Å². The summed E-state index contributed by atoms with van der Waals surface area (Å²) >= 11 is 3.32. The van der Waals surface area contributed by atoms with Crippen molar-refractivity contribution >= 4 is 28.6 Å². The Kier molecular flexibility index (Phi) is 3.44. The zero-order valence-electron chi connectivity index (χ0n) is 9.10. The maximum absolute atomic E-state index is 4.39. The fourth-order valence-corrected chi connectivity index (χ4v) is 1.68. The molecule has 0 aliphatic carbocycles. The Bertz CT molecular complexity index is 665. The lowest BCUT2D eigenvalue weighted by Crippen LogP contribution is -2.27.